The second kappa shape index (κ2) is 9.68. The van der Waals surface area contributed by atoms with Crippen LogP contribution in [0.2, 0.25) is 10.0 Å². The summed E-state index contributed by atoms with van der Waals surface area (Å²) in [5, 5.41) is 12.1. The Morgan fingerprint density at radius 2 is 2.00 bits per heavy atom. The fraction of sp³-hybridized carbons (Fsp3) is 0.364. The molecule has 2 aliphatic rings. The van der Waals surface area contributed by atoms with Gasteiger partial charge in [0.25, 0.3) is 5.91 Å². The average molecular weight is 603 g/mol. The molecule has 1 aromatic heterocycles. The molecule has 0 bridgehead atoms. The number of anilines is 2. The normalized spacial score (nSPS) is 20.1. The van der Waals surface area contributed by atoms with E-state index in [9.17, 15) is 18.0 Å². The summed E-state index contributed by atoms with van der Waals surface area (Å²) in [5.41, 5.74) is 0.147. The van der Waals surface area contributed by atoms with Gasteiger partial charge in [-0.1, -0.05) is 30.1 Å². The van der Waals surface area contributed by atoms with E-state index in [4.69, 9.17) is 23.2 Å². The second-order valence-corrected chi connectivity index (χ2v) is 12.4. The molecule has 0 radical (unpaired) electrons. The third-order valence-corrected chi connectivity index (χ3v) is 8.95. The van der Waals surface area contributed by atoms with E-state index in [0.29, 0.717) is 32.5 Å². The van der Waals surface area contributed by atoms with Gasteiger partial charge in [0.2, 0.25) is 5.91 Å². The molecule has 1 aromatic carbocycles. The molecular weight excluding hydrogens is 581 g/mol. The quantitative estimate of drug-likeness (QED) is 0.517. The zero-order chi connectivity index (χ0) is 25.5. The number of halogens is 3. The standard InChI is InChI=1S/C22H22BrCl2N5O4S/c1-3-22(10-35(33,34)11-22)28-20(31)14-8-13(24)7-12(2)18(14)27-21(32)16-9-17(23)29-30(16)19-15(25)5-4-6-26-19/h4-8,16H,3,9-11H2,1-2H3,(H,27,32)(H,28,31). The second-order valence-electron chi connectivity index (χ2n) is 8.60. The summed E-state index contributed by atoms with van der Waals surface area (Å²) in [4.78, 5) is 30.9. The maximum atomic E-state index is 13.4. The van der Waals surface area contributed by atoms with E-state index >= 15 is 0 Å². The van der Waals surface area contributed by atoms with Crippen molar-refractivity contribution in [2.24, 2.45) is 5.10 Å². The Balaban J connectivity index is 1.61. The molecule has 1 fully saturated rings. The predicted octanol–water partition coefficient (Wildman–Crippen LogP) is 3.93. The van der Waals surface area contributed by atoms with E-state index in [1.54, 1.807) is 31.3 Å². The third-order valence-electron chi connectivity index (χ3n) is 5.97. The van der Waals surface area contributed by atoms with Crippen molar-refractivity contribution < 1.29 is 18.0 Å². The lowest BCUT2D eigenvalue weighted by atomic mass is 9.98. The van der Waals surface area contributed by atoms with Gasteiger partial charge in [0.15, 0.2) is 15.7 Å². The summed E-state index contributed by atoms with van der Waals surface area (Å²) >= 11 is 15.8. The van der Waals surface area contributed by atoms with E-state index in [2.05, 4.69) is 36.6 Å². The van der Waals surface area contributed by atoms with Crippen LogP contribution in [-0.4, -0.2) is 52.9 Å². The Morgan fingerprint density at radius 1 is 1.29 bits per heavy atom. The molecule has 0 spiro atoms. The number of carbonyl (C=O) groups excluding carboxylic acids is 2. The molecule has 3 heterocycles. The summed E-state index contributed by atoms with van der Waals surface area (Å²) in [6.07, 6.45) is 2.27. The van der Waals surface area contributed by atoms with Gasteiger partial charge in [-0.15, -0.1) is 0 Å². The molecule has 9 nitrogen and oxygen atoms in total. The monoisotopic (exact) mass is 601 g/mol. The maximum absolute atomic E-state index is 13.4. The van der Waals surface area contributed by atoms with Crippen LogP contribution in [0.25, 0.3) is 0 Å². The molecule has 13 heteroatoms. The number of hydrazone groups is 1. The van der Waals surface area contributed by atoms with Crippen LogP contribution in [0.3, 0.4) is 0 Å². The van der Waals surface area contributed by atoms with Crippen LogP contribution >= 0.6 is 39.1 Å². The van der Waals surface area contributed by atoms with E-state index in [1.165, 1.54) is 11.1 Å². The Morgan fingerprint density at radius 3 is 2.63 bits per heavy atom. The summed E-state index contributed by atoms with van der Waals surface area (Å²) in [6.45, 7) is 3.53. The largest absolute Gasteiger partial charge is 0.344 e. The number of carbonyl (C=O) groups is 2. The SMILES string of the molecule is CCC1(NC(=O)c2cc(Cl)cc(C)c2NC(=O)C2CC(Br)=NN2c2ncccc2Cl)CS(=O)(=O)C1. The molecular formula is C22H22BrCl2N5O4S. The van der Waals surface area contributed by atoms with Crippen molar-refractivity contribution >= 4 is 76.9 Å². The van der Waals surface area contributed by atoms with Gasteiger partial charge in [-0.3, -0.25) is 9.59 Å². The molecule has 2 N–H and O–H groups in total. The van der Waals surface area contributed by atoms with Crippen LogP contribution in [-0.2, 0) is 14.6 Å². The van der Waals surface area contributed by atoms with Crippen LogP contribution in [0.1, 0.15) is 35.7 Å². The molecule has 35 heavy (non-hydrogen) atoms. The van der Waals surface area contributed by atoms with Gasteiger partial charge in [-0.25, -0.2) is 18.4 Å². The van der Waals surface area contributed by atoms with Gasteiger partial charge < -0.3 is 10.6 Å². The molecule has 0 aliphatic carbocycles. The van der Waals surface area contributed by atoms with Crippen molar-refractivity contribution in [3.63, 3.8) is 0 Å². The fourth-order valence-corrected chi connectivity index (χ4v) is 7.30. The highest BCUT2D eigenvalue weighted by atomic mass is 79.9. The molecule has 186 valence electrons. The molecule has 2 amide bonds. The summed E-state index contributed by atoms with van der Waals surface area (Å²) in [6, 6.07) is 5.63. The Bertz CT molecular complexity index is 1340. The minimum Gasteiger partial charge on any atom is -0.344 e. The molecule has 2 aromatic rings. The lowest BCUT2D eigenvalue weighted by Gasteiger charge is -2.41. The Kier molecular flexibility index (Phi) is 7.16. The van der Waals surface area contributed by atoms with Crippen molar-refractivity contribution in [1.29, 1.82) is 0 Å². The number of nitrogens with one attached hydrogen (secondary N) is 2. The first-order valence-electron chi connectivity index (χ1n) is 10.7. The van der Waals surface area contributed by atoms with Crippen LogP contribution in [0.15, 0.2) is 35.6 Å². The van der Waals surface area contributed by atoms with Crippen LogP contribution in [0.4, 0.5) is 11.5 Å². The van der Waals surface area contributed by atoms with E-state index < -0.39 is 33.2 Å². The zero-order valence-corrected chi connectivity index (χ0v) is 22.7. The predicted molar refractivity (Wildman–Crippen MR) is 140 cm³/mol. The summed E-state index contributed by atoms with van der Waals surface area (Å²) in [5.74, 6) is -0.879. The van der Waals surface area contributed by atoms with Crippen molar-refractivity contribution in [1.82, 2.24) is 10.3 Å². The number of pyridine rings is 1. The highest BCUT2D eigenvalue weighted by molar-refractivity contribution is 9.18. The smallest absolute Gasteiger partial charge is 0.253 e. The minimum absolute atomic E-state index is 0.128. The first-order chi connectivity index (χ1) is 16.4. The number of aryl methyl sites for hydroxylation is 1. The number of nitrogens with zero attached hydrogens (tertiary/aromatic N) is 3. The van der Waals surface area contributed by atoms with Gasteiger partial charge >= 0.3 is 0 Å². The number of benzene rings is 1. The van der Waals surface area contributed by atoms with Crippen LogP contribution in [0, 0.1) is 6.92 Å². The van der Waals surface area contributed by atoms with Gasteiger partial charge in [0, 0.05) is 17.6 Å². The first kappa shape index (κ1) is 25.9. The molecule has 2 aliphatic heterocycles. The van der Waals surface area contributed by atoms with Gasteiger partial charge in [0.05, 0.1) is 33.3 Å². The van der Waals surface area contributed by atoms with E-state index in [1.807, 2.05) is 6.92 Å². The fourth-order valence-electron chi connectivity index (χ4n) is 4.19. The molecule has 0 saturated carbocycles. The lowest BCUT2D eigenvalue weighted by Crippen LogP contribution is -2.65. The number of amides is 2. The van der Waals surface area contributed by atoms with Crippen molar-refractivity contribution in [2.75, 3.05) is 21.8 Å². The molecule has 4 rings (SSSR count). The highest BCUT2D eigenvalue weighted by Gasteiger charge is 2.48. The molecule has 1 unspecified atom stereocenters. The number of hydrogen-bond donors (Lipinski definition) is 2. The highest BCUT2D eigenvalue weighted by Crippen LogP contribution is 2.33. The minimum atomic E-state index is -3.18. The number of sulfone groups is 1. The van der Waals surface area contributed by atoms with Gasteiger partial charge in [0.1, 0.15) is 10.7 Å². The number of rotatable bonds is 6. The Hall–Kier alpha value is -2.21. The van der Waals surface area contributed by atoms with Gasteiger partial charge in [-0.2, -0.15) is 5.10 Å². The first-order valence-corrected chi connectivity index (χ1v) is 14.1. The van der Waals surface area contributed by atoms with Crippen molar-refractivity contribution in [3.05, 3.63) is 51.6 Å². The lowest BCUT2D eigenvalue weighted by molar-refractivity contribution is -0.117. The van der Waals surface area contributed by atoms with E-state index in [0.717, 1.165) is 0 Å². The van der Waals surface area contributed by atoms with Crippen molar-refractivity contribution in [2.45, 2.75) is 38.3 Å². The van der Waals surface area contributed by atoms with Crippen LogP contribution in [0.5, 0.6) is 0 Å². The summed E-state index contributed by atoms with van der Waals surface area (Å²) in [7, 11) is -3.18. The van der Waals surface area contributed by atoms with Crippen molar-refractivity contribution in [3.8, 4) is 0 Å². The summed E-state index contributed by atoms with van der Waals surface area (Å²) < 4.78 is 24.1. The number of hydrogen-bond acceptors (Lipinski definition) is 7. The van der Waals surface area contributed by atoms with E-state index in [-0.39, 0.29) is 29.2 Å². The molecule has 1 atom stereocenters. The number of aromatic nitrogens is 1. The maximum Gasteiger partial charge on any atom is 0.253 e. The zero-order valence-electron chi connectivity index (χ0n) is 18.8. The third kappa shape index (κ3) is 5.32. The topological polar surface area (TPSA) is 121 Å². The van der Waals surface area contributed by atoms with Crippen LogP contribution < -0.4 is 15.6 Å². The molecule has 1 saturated heterocycles. The Labute approximate surface area is 221 Å². The van der Waals surface area contributed by atoms with Gasteiger partial charge in [-0.05, 0) is 59.1 Å². The average Bonchev–Trinajstić information content (AvgIpc) is 3.15.